The average molecular weight is 363 g/mol. The molecule has 0 atom stereocenters. The standard InChI is InChI=1S/C18H30N6S/c1-14-12-16(3)24(23-14)11-7-10-21-18(19-4)20-9-6-5-8-17-22-15(2)13-25-17/h12-13H,5-11H2,1-4H3,(H2,19,20,21). The number of guanidine groups is 1. The van der Waals surface area contributed by atoms with Crippen molar-refractivity contribution in [3.05, 3.63) is 33.5 Å². The number of aromatic nitrogens is 3. The van der Waals surface area contributed by atoms with Crippen LogP contribution in [0.2, 0.25) is 0 Å². The van der Waals surface area contributed by atoms with Crippen LogP contribution in [-0.2, 0) is 13.0 Å². The molecular weight excluding hydrogens is 332 g/mol. The van der Waals surface area contributed by atoms with E-state index in [4.69, 9.17) is 0 Å². The molecule has 25 heavy (non-hydrogen) atoms. The number of thiazole rings is 1. The van der Waals surface area contributed by atoms with E-state index in [1.807, 2.05) is 20.9 Å². The van der Waals surface area contributed by atoms with E-state index in [2.05, 4.69) is 48.8 Å². The maximum absolute atomic E-state index is 4.50. The fourth-order valence-electron chi connectivity index (χ4n) is 2.68. The van der Waals surface area contributed by atoms with Gasteiger partial charge in [-0.15, -0.1) is 11.3 Å². The van der Waals surface area contributed by atoms with Crippen LogP contribution in [0.4, 0.5) is 0 Å². The zero-order valence-electron chi connectivity index (χ0n) is 15.8. The van der Waals surface area contributed by atoms with Gasteiger partial charge in [-0.2, -0.15) is 5.10 Å². The molecular formula is C18H30N6S. The van der Waals surface area contributed by atoms with Gasteiger partial charge >= 0.3 is 0 Å². The molecule has 0 amide bonds. The molecule has 0 aromatic carbocycles. The van der Waals surface area contributed by atoms with Crippen molar-refractivity contribution in [2.75, 3.05) is 20.1 Å². The van der Waals surface area contributed by atoms with Gasteiger partial charge in [-0.05, 0) is 52.5 Å². The summed E-state index contributed by atoms with van der Waals surface area (Å²) < 4.78 is 2.06. The van der Waals surface area contributed by atoms with Gasteiger partial charge in [0, 0.05) is 43.4 Å². The Morgan fingerprint density at radius 2 is 1.88 bits per heavy atom. The normalized spacial score (nSPS) is 11.8. The van der Waals surface area contributed by atoms with E-state index in [1.54, 1.807) is 11.3 Å². The molecule has 0 fully saturated rings. The summed E-state index contributed by atoms with van der Waals surface area (Å²) in [4.78, 5) is 8.77. The fourth-order valence-corrected chi connectivity index (χ4v) is 3.50. The number of unbranched alkanes of at least 4 members (excludes halogenated alkanes) is 1. The first kappa shape index (κ1) is 19.4. The summed E-state index contributed by atoms with van der Waals surface area (Å²) in [5.41, 5.74) is 3.43. The van der Waals surface area contributed by atoms with Gasteiger partial charge in [-0.1, -0.05) is 0 Å². The first-order valence-electron chi connectivity index (χ1n) is 8.95. The van der Waals surface area contributed by atoms with Crippen LogP contribution < -0.4 is 10.6 Å². The van der Waals surface area contributed by atoms with Crippen molar-refractivity contribution in [3.63, 3.8) is 0 Å². The van der Waals surface area contributed by atoms with Crippen molar-refractivity contribution in [2.45, 2.75) is 53.0 Å². The van der Waals surface area contributed by atoms with Crippen molar-refractivity contribution in [3.8, 4) is 0 Å². The van der Waals surface area contributed by atoms with E-state index in [1.165, 1.54) is 10.7 Å². The second kappa shape index (κ2) is 10.2. The number of hydrogen-bond acceptors (Lipinski definition) is 4. The van der Waals surface area contributed by atoms with Crippen molar-refractivity contribution in [2.24, 2.45) is 4.99 Å². The van der Waals surface area contributed by atoms with E-state index >= 15 is 0 Å². The molecule has 0 aliphatic carbocycles. The molecule has 2 rings (SSSR count). The van der Waals surface area contributed by atoms with E-state index in [0.717, 1.165) is 62.7 Å². The van der Waals surface area contributed by atoms with Gasteiger partial charge in [0.25, 0.3) is 0 Å². The van der Waals surface area contributed by atoms with Crippen LogP contribution in [0.3, 0.4) is 0 Å². The monoisotopic (exact) mass is 362 g/mol. The maximum atomic E-state index is 4.50. The van der Waals surface area contributed by atoms with Crippen molar-refractivity contribution < 1.29 is 0 Å². The zero-order chi connectivity index (χ0) is 18.1. The van der Waals surface area contributed by atoms with Crippen molar-refractivity contribution in [1.82, 2.24) is 25.4 Å². The molecule has 6 nitrogen and oxygen atoms in total. The first-order chi connectivity index (χ1) is 12.1. The Balaban J connectivity index is 1.55. The molecule has 0 radical (unpaired) electrons. The molecule has 0 unspecified atom stereocenters. The first-order valence-corrected chi connectivity index (χ1v) is 9.83. The van der Waals surface area contributed by atoms with E-state index in [-0.39, 0.29) is 0 Å². The van der Waals surface area contributed by atoms with Crippen molar-refractivity contribution in [1.29, 1.82) is 0 Å². The van der Waals surface area contributed by atoms with Crippen LogP contribution in [0.5, 0.6) is 0 Å². The Kier molecular flexibility index (Phi) is 7.91. The summed E-state index contributed by atoms with van der Waals surface area (Å²) in [6.45, 7) is 8.92. The minimum Gasteiger partial charge on any atom is -0.356 e. The number of hydrogen-bond donors (Lipinski definition) is 2. The molecule has 2 aromatic rings. The van der Waals surface area contributed by atoms with Crippen LogP contribution in [0.15, 0.2) is 16.4 Å². The maximum Gasteiger partial charge on any atom is 0.190 e. The highest BCUT2D eigenvalue weighted by molar-refractivity contribution is 7.09. The smallest absolute Gasteiger partial charge is 0.190 e. The molecule has 7 heteroatoms. The molecule has 2 N–H and O–H groups in total. The van der Waals surface area contributed by atoms with Crippen LogP contribution in [0.1, 0.15) is 41.4 Å². The van der Waals surface area contributed by atoms with Gasteiger partial charge < -0.3 is 10.6 Å². The van der Waals surface area contributed by atoms with Gasteiger partial charge in [0.15, 0.2) is 5.96 Å². The lowest BCUT2D eigenvalue weighted by atomic mass is 10.2. The highest BCUT2D eigenvalue weighted by Gasteiger charge is 2.02. The summed E-state index contributed by atoms with van der Waals surface area (Å²) in [6, 6.07) is 2.11. The second-order valence-electron chi connectivity index (χ2n) is 6.27. The largest absolute Gasteiger partial charge is 0.356 e. The Morgan fingerprint density at radius 1 is 1.12 bits per heavy atom. The molecule has 0 bridgehead atoms. The van der Waals surface area contributed by atoms with Gasteiger partial charge in [0.2, 0.25) is 0 Å². The third kappa shape index (κ3) is 6.86. The predicted octanol–water partition coefficient (Wildman–Crippen LogP) is 2.84. The fraction of sp³-hybridized carbons (Fsp3) is 0.611. The quantitative estimate of drug-likeness (QED) is 0.409. The van der Waals surface area contributed by atoms with E-state index in [0.29, 0.717) is 0 Å². The van der Waals surface area contributed by atoms with E-state index < -0.39 is 0 Å². The Hall–Kier alpha value is -1.89. The highest BCUT2D eigenvalue weighted by Crippen LogP contribution is 2.11. The summed E-state index contributed by atoms with van der Waals surface area (Å²) in [6.07, 6.45) is 4.35. The van der Waals surface area contributed by atoms with Crippen LogP contribution >= 0.6 is 11.3 Å². The summed E-state index contributed by atoms with van der Waals surface area (Å²) in [5.74, 6) is 0.874. The van der Waals surface area contributed by atoms with Crippen LogP contribution in [0, 0.1) is 20.8 Å². The minimum atomic E-state index is 0.874. The molecule has 2 aromatic heterocycles. The Bertz CT molecular complexity index is 673. The number of aliphatic imine (C=N–C) groups is 1. The van der Waals surface area contributed by atoms with Crippen LogP contribution in [-0.4, -0.2) is 40.9 Å². The lowest BCUT2D eigenvalue weighted by molar-refractivity contribution is 0.554. The summed E-state index contributed by atoms with van der Waals surface area (Å²) in [7, 11) is 1.81. The minimum absolute atomic E-state index is 0.874. The molecule has 0 aliphatic rings. The lowest BCUT2D eigenvalue weighted by Gasteiger charge is -2.12. The highest BCUT2D eigenvalue weighted by atomic mass is 32.1. The number of nitrogens with one attached hydrogen (secondary N) is 2. The topological polar surface area (TPSA) is 67.1 Å². The molecule has 0 saturated carbocycles. The SMILES string of the molecule is CN=C(NCCCCc1nc(C)cs1)NCCCn1nc(C)cc1C. The third-order valence-electron chi connectivity index (χ3n) is 3.94. The Labute approximate surface area is 154 Å². The summed E-state index contributed by atoms with van der Waals surface area (Å²) in [5, 5.41) is 14.6. The molecule has 0 spiro atoms. The molecule has 0 saturated heterocycles. The number of nitrogens with zero attached hydrogens (tertiary/aromatic N) is 4. The van der Waals surface area contributed by atoms with Crippen molar-refractivity contribution >= 4 is 17.3 Å². The Morgan fingerprint density at radius 3 is 2.48 bits per heavy atom. The van der Waals surface area contributed by atoms with Gasteiger partial charge in [-0.25, -0.2) is 4.98 Å². The molecule has 0 aliphatic heterocycles. The molecule has 138 valence electrons. The van der Waals surface area contributed by atoms with E-state index in [9.17, 15) is 0 Å². The van der Waals surface area contributed by atoms with Crippen LogP contribution in [0.25, 0.3) is 0 Å². The summed E-state index contributed by atoms with van der Waals surface area (Å²) >= 11 is 1.76. The number of aryl methyl sites for hydroxylation is 5. The second-order valence-corrected chi connectivity index (χ2v) is 7.21. The van der Waals surface area contributed by atoms with Gasteiger partial charge in [0.1, 0.15) is 0 Å². The van der Waals surface area contributed by atoms with Gasteiger partial charge in [-0.3, -0.25) is 9.67 Å². The predicted molar refractivity (Wildman–Crippen MR) is 105 cm³/mol. The average Bonchev–Trinajstić information content (AvgIpc) is 3.14. The zero-order valence-corrected chi connectivity index (χ0v) is 16.6. The third-order valence-corrected chi connectivity index (χ3v) is 4.97. The molecule has 2 heterocycles. The number of rotatable bonds is 9. The lowest BCUT2D eigenvalue weighted by Crippen LogP contribution is -2.38. The van der Waals surface area contributed by atoms with Gasteiger partial charge in [0.05, 0.1) is 10.7 Å².